The third-order valence-electron chi connectivity index (χ3n) is 4.57. The van der Waals surface area contributed by atoms with Gasteiger partial charge >= 0.3 is 5.69 Å². The number of amides is 1. The van der Waals surface area contributed by atoms with Gasteiger partial charge in [0.25, 0.3) is 5.56 Å². The fourth-order valence-electron chi connectivity index (χ4n) is 3.02. The lowest BCUT2D eigenvalue weighted by atomic mass is 10.1. The van der Waals surface area contributed by atoms with Crippen molar-refractivity contribution < 1.29 is 9.59 Å². The Morgan fingerprint density at radius 2 is 1.89 bits per heavy atom. The van der Waals surface area contributed by atoms with Gasteiger partial charge in [0.05, 0.1) is 6.33 Å². The zero-order chi connectivity index (χ0) is 20.4. The van der Waals surface area contributed by atoms with Crippen LogP contribution in [0.1, 0.15) is 30.1 Å². The molecule has 0 bridgehead atoms. The molecule has 9 nitrogen and oxygen atoms in total. The monoisotopic (exact) mass is 383 g/mol. The number of imidazole rings is 1. The van der Waals surface area contributed by atoms with E-state index in [-0.39, 0.29) is 18.1 Å². The van der Waals surface area contributed by atoms with E-state index >= 15 is 0 Å². The Hall–Kier alpha value is -3.49. The van der Waals surface area contributed by atoms with E-state index < -0.39 is 11.2 Å². The number of hydrogen-bond acceptors (Lipinski definition) is 5. The van der Waals surface area contributed by atoms with Gasteiger partial charge in [0.2, 0.25) is 5.91 Å². The number of fused-ring (bicyclic) bond motifs is 1. The molecule has 28 heavy (non-hydrogen) atoms. The molecule has 0 fully saturated rings. The summed E-state index contributed by atoms with van der Waals surface area (Å²) < 4.78 is 4.01. The maximum Gasteiger partial charge on any atom is 0.332 e. The van der Waals surface area contributed by atoms with Crippen LogP contribution in [0.15, 0.2) is 40.2 Å². The Morgan fingerprint density at radius 3 is 2.61 bits per heavy atom. The zero-order valence-corrected chi connectivity index (χ0v) is 15.9. The van der Waals surface area contributed by atoms with Crippen molar-refractivity contribution in [2.24, 2.45) is 14.1 Å². The molecule has 2 aromatic heterocycles. The van der Waals surface area contributed by atoms with E-state index in [0.29, 0.717) is 35.4 Å². The zero-order valence-electron chi connectivity index (χ0n) is 15.9. The van der Waals surface area contributed by atoms with Gasteiger partial charge in [-0.3, -0.25) is 23.5 Å². The Kier molecular flexibility index (Phi) is 5.25. The first-order valence-electron chi connectivity index (χ1n) is 8.81. The number of carbonyl (C=O) groups excluding carboxylic acids is 2. The van der Waals surface area contributed by atoms with Gasteiger partial charge in [0, 0.05) is 38.3 Å². The van der Waals surface area contributed by atoms with Gasteiger partial charge in [-0.25, -0.2) is 9.78 Å². The van der Waals surface area contributed by atoms with E-state index in [2.05, 4.69) is 10.3 Å². The Balaban J connectivity index is 1.68. The minimum absolute atomic E-state index is 0.0703. The number of carbonyl (C=O) groups is 2. The van der Waals surface area contributed by atoms with E-state index in [0.717, 1.165) is 4.57 Å². The summed E-state index contributed by atoms with van der Waals surface area (Å²) in [5, 5.41) is 2.76. The summed E-state index contributed by atoms with van der Waals surface area (Å²) in [6.45, 7) is 1.88. The van der Waals surface area contributed by atoms with Crippen LogP contribution in [0.5, 0.6) is 0 Å². The summed E-state index contributed by atoms with van der Waals surface area (Å²) in [4.78, 5) is 52.1. The molecule has 0 radical (unpaired) electrons. The number of rotatable bonds is 6. The minimum Gasteiger partial charge on any atom is -0.326 e. The molecule has 9 heteroatoms. The summed E-state index contributed by atoms with van der Waals surface area (Å²) >= 11 is 0. The quantitative estimate of drug-likeness (QED) is 0.640. The predicted octanol–water partition coefficient (Wildman–Crippen LogP) is 1.06. The fraction of sp³-hybridized carbons (Fsp3) is 0.316. The number of hydrogen-bond donors (Lipinski definition) is 1. The highest BCUT2D eigenvalue weighted by atomic mass is 16.2. The molecule has 0 aliphatic carbocycles. The molecule has 0 saturated carbocycles. The first-order valence-corrected chi connectivity index (χ1v) is 8.81. The minimum atomic E-state index is -0.435. The fourth-order valence-corrected chi connectivity index (χ4v) is 3.02. The van der Waals surface area contributed by atoms with Crippen molar-refractivity contribution in [3.8, 4) is 0 Å². The van der Waals surface area contributed by atoms with Gasteiger partial charge in [-0.15, -0.1) is 0 Å². The van der Waals surface area contributed by atoms with Gasteiger partial charge in [-0.2, -0.15) is 0 Å². The Bertz CT molecular complexity index is 1190. The Labute approximate surface area is 160 Å². The first-order chi connectivity index (χ1) is 13.3. The highest BCUT2D eigenvalue weighted by Crippen LogP contribution is 2.12. The predicted molar refractivity (Wildman–Crippen MR) is 105 cm³/mol. The van der Waals surface area contributed by atoms with Crippen molar-refractivity contribution >= 4 is 28.5 Å². The summed E-state index contributed by atoms with van der Waals surface area (Å²) in [6.07, 6.45) is 2.21. The van der Waals surface area contributed by atoms with Crippen LogP contribution >= 0.6 is 0 Å². The van der Waals surface area contributed by atoms with Crippen molar-refractivity contribution in [1.82, 2.24) is 18.7 Å². The number of ketones is 1. The lowest BCUT2D eigenvalue weighted by Crippen LogP contribution is -2.37. The summed E-state index contributed by atoms with van der Waals surface area (Å²) in [6, 6.07) is 6.76. The number of aromatic nitrogens is 4. The molecule has 0 atom stereocenters. The molecule has 0 aliphatic heterocycles. The molecule has 0 unspecified atom stereocenters. The van der Waals surface area contributed by atoms with E-state index in [1.165, 1.54) is 24.9 Å². The van der Waals surface area contributed by atoms with E-state index in [1.54, 1.807) is 35.9 Å². The van der Waals surface area contributed by atoms with Crippen molar-refractivity contribution in [3.05, 3.63) is 57.0 Å². The maximum absolute atomic E-state index is 12.4. The summed E-state index contributed by atoms with van der Waals surface area (Å²) in [5.41, 5.74) is 0.896. The summed E-state index contributed by atoms with van der Waals surface area (Å²) in [5.74, 6) is -0.260. The molecule has 146 valence electrons. The van der Waals surface area contributed by atoms with Gasteiger partial charge in [-0.1, -0.05) is 12.1 Å². The van der Waals surface area contributed by atoms with Crippen LogP contribution in [0, 0.1) is 0 Å². The van der Waals surface area contributed by atoms with E-state index in [4.69, 9.17) is 0 Å². The lowest BCUT2D eigenvalue weighted by molar-refractivity contribution is -0.116. The molecule has 1 aromatic carbocycles. The third-order valence-corrected chi connectivity index (χ3v) is 4.57. The molecule has 0 spiro atoms. The maximum atomic E-state index is 12.4. The molecule has 0 aliphatic rings. The highest BCUT2D eigenvalue weighted by Gasteiger charge is 2.14. The molecule has 3 rings (SSSR count). The molecule has 2 heterocycles. The summed E-state index contributed by atoms with van der Waals surface area (Å²) in [7, 11) is 2.98. The normalized spacial score (nSPS) is 11.0. The number of aryl methyl sites for hydroxylation is 2. The van der Waals surface area contributed by atoms with Crippen molar-refractivity contribution in [2.75, 3.05) is 5.32 Å². The first kappa shape index (κ1) is 19.3. The van der Waals surface area contributed by atoms with Crippen LogP contribution in [0.25, 0.3) is 11.2 Å². The van der Waals surface area contributed by atoms with Gasteiger partial charge < -0.3 is 9.88 Å². The molecule has 3 aromatic rings. The van der Waals surface area contributed by atoms with Crippen molar-refractivity contribution in [1.29, 1.82) is 0 Å². The Morgan fingerprint density at radius 1 is 1.14 bits per heavy atom. The number of Topliss-reactive ketones (excluding diaryl/α,β-unsaturated/α-hetero) is 1. The second kappa shape index (κ2) is 7.63. The van der Waals surface area contributed by atoms with Crippen LogP contribution in [0.3, 0.4) is 0 Å². The molecule has 0 saturated heterocycles. The number of nitrogens with zero attached hydrogens (tertiary/aromatic N) is 4. The van der Waals surface area contributed by atoms with E-state index in [9.17, 15) is 19.2 Å². The standard InChI is InChI=1S/C19H21N5O4/c1-12(25)13-6-4-7-14(10-13)21-15(26)8-5-9-24-11-20-17-16(24)18(27)23(3)19(28)22(17)2/h4,6-7,10-11H,5,8-9H2,1-3H3,(H,21,26). The second-order valence-corrected chi connectivity index (χ2v) is 6.60. The SMILES string of the molecule is CC(=O)c1cccc(NC(=O)CCCn2cnc3c2c(=O)n(C)c(=O)n3C)c1. The average molecular weight is 383 g/mol. The lowest BCUT2D eigenvalue weighted by Gasteiger charge is -2.08. The molecule has 1 amide bonds. The topological polar surface area (TPSA) is 108 Å². The largest absolute Gasteiger partial charge is 0.332 e. The average Bonchev–Trinajstić information content (AvgIpc) is 3.09. The molecular weight excluding hydrogens is 362 g/mol. The van der Waals surface area contributed by atoms with Gasteiger partial charge in [-0.05, 0) is 25.5 Å². The second-order valence-electron chi connectivity index (χ2n) is 6.60. The van der Waals surface area contributed by atoms with Crippen LogP contribution in [-0.4, -0.2) is 30.4 Å². The smallest absolute Gasteiger partial charge is 0.326 e. The van der Waals surface area contributed by atoms with Gasteiger partial charge in [0.15, 0.2) is 16.9 Å². The van der Waals surface area contributed by atoms with Crippen molar-refractivity contribution in [2.45, 2.75) is 26.3 Å². The molecule has 1 N–H and O–H groups in total. The third kappa shape index (κ3) is 3.64. The van der Waals surface area contributed by atoms with Crippen LogP contribution in [0.4, 0.5) is 5.69 Å². The van der Waals surface area contributed by atoms with Crippen molar-refractivity contribution in [3.63, 3.8) is 0 Å². The van der Waals surface area contributed by atoms with Gasteiger partial charge in [0.1, 0.15) is 0 Å². The number of nitrogens with one attached hydrogen (secondary N) is 1. The van der Waals surface area contributed by atoms with Crippen LogP contribution in [-0.2, 0) is 25.4 Å². The van der Waals surface area contributed by atoms with Crippen LogP contribution < -0.4 is 16.6 Å². The number of anilines is 1. The number of benzene rings is 1. The van der Waals surface area contributed by atoms with E-state index in [1.807, 2.05) is 0 Å². The molecular formula is C19H21N5O4. The van der Waals surface area contributed by atoms with Crippen LogP contribution in [0.2, 0.25) is 0 Å². The highest BCUT2D eigenvalue weighted by molar-refractivity contribution is 5.97.